The van der Waals surface area contributed by atoms with Gasteiger partial charge < -0.3 is 4.42 Å². The van der Waals surface area contributed by atoms with Crippen molar-refractivity contribution in [3.8, 4) is 0 Å². The molecule has 3 heteroatoms. The molecule has 1 heterocycles. The molecule has 0 bridgehead atoms. The fraction of sp³-hybridized carbons (Fsp3) is 0.333. The maximum atomic E-state index is 11.4. The summed E-state index contributed by atoms with van der Waals surface area (Å²) >= 11 is 0. The SMILES string of the molecule is CCCCc1ccc2ncoc(=O)c2c1. The predicted molar refractivity (Wildman–Crippen MR) is 58.9 cm³/mol. The molecule has 2 aromatic rings. The van der Waals surface area contributed by atoms with Crippen molar-refractivity contribution in [2.45, 2.75) is 26.2 Å². The zero-order valence-electron chi connectivity index (χ0n) is 8.69. The molecule has 0 radical (unpaired) electrons. The molecule has 0 unspecified atom stereocenters. The highest BCUT2D eigenvalue weighted by molar-refractivity contribution is 5.77. The molecule has 1 aromatic heterocycles. The van der Waals surface area contributed by atoms with Crippen LogP contribution in [0.4, 0.5) is 0 Å². The summed E-state index contributed by atoms with van der Waals surface area (Å²) in [5, 5.41) is 0.575. The van der Waals surface area contributed by atoms with Gasteiger partial charge in [0.1, 0.15) is 0 Å². The van der Waals surface area contributed by atoms with Crippen molar-refractivity contribution in [3.05, 3.63) is 40.6 Å². The highest BCUT2D eigenvalue weighted by atomic mass is 16.4. The smallest absolute Gasteiger partial charge is 0.346 e. The number of hydrogen-bond acceptors (Lipinski definition) is 3. The first-order valence-corrected chi connectivity index (χ1v) is 5.17. The first-order valence-electron chi connectivity index (χ1n) is 5.17. The molecule has 15 heavy (non-hydrogen) atoms. The second-order valence-electron chi connectivity index (χ2n) is 3.59. The Morgan fingerprint density at radius 2 is 2.27 bits per heavy atom. The van der Waals surface area contributed by atoms with E-state index in [4.69, 9.17) is 4.42 Å². The third kappa shape index (κ3) is 2.06. The van der Waals surface area contributed by atoms with E-state index in [0.29, 0.717) is 10.9 Å². The summed E-state index contributed by atoms with van der Waals surface area (Å²) < 4.78 is 4.73. The molecule has 1 aromatic carbocycles. The lowest BCUT2D eigenvalue weighted by molar-refractivity contribution is 0.501. The Morgan fingerprint density at radius 3 is 3.07 bits per heavy atom. The topological polar surface area (TPSA) is 43.1 Å². The van der Waals surface area contributed by atoms with Crippen molar-refractivity contribution < 1.29 is 4.42 Å². The van der Waals surface area contributed by atoms with E-state index < -0.39 is 0 Å². The number of aryl methyl sites for hydroxylation is 1. The van der Waals surface area contributed by atoms with Gasteiger partial charge in [-0.05, 0) is 30.5 Å². The molecular weight excluding hydrogens is 190 g/mol. The lowest BCUT2D eigenvalue weighted by Crippen LogP contribution is -2.00. The van der Waals surface area contributed by atoms with Crippen LogP contribution in [0.2, 0.25) is 0 Å². The van der Waals surface area contributed by atoms with Crippen LogP contribution in [0, 0.1) is 0 Å². The van der Waals surface area contributed by atoms with E-state index in [0.717, 1.165) is 19.3 Å². The van der Waals surface area contributed by atoms with E-state index in [-0.39, 0.29) is 5.63 Å². The maximum Gasteiger partial charge on any atom is 0.346 e. The second kappa shape index (κ2) is 4.26. The van der Waals surface area contributed by atoms with Crippen molar-refractivity contribution in [1.82, 2.24) is 4.98 Å². The van der Waals surface area contributed by atoms with E-state index >= 15 is 0 Å². The Kier molecular flexibility index (Phi) is 2.81. The molecule has 0 amide bonds. The van der Waals surface area contributed by atoms with Gasteiger partial charge in [0, 0.05) is 0 Å². The Bertz CT molecular complexity index is 516. The second-order valence-corrected chi connectivity index (χ2v) is 3.59. The molecule has 0 fully saturated rings. The van der Waals surface area contributed by atoms with E-state index in [1.165, 1.54) is 12.0 Å². The van der Waals surface area contributed by atoms with Gasteiger partial charge in [-0.1, -0.05) is 19.4 Å². The summed E-state index contributed by atoms with van der Waals surface area (Å²) in [5.41, 5.74) is 1.56. The van der Waals surface area contributed by atoms with Gasteiger partial charge in [0.15, 0.2) is 6.39 Å². The normalized spacial score (nSPS) is 10.7. The number of rotatable bonds is 3. The van der Waals surface area contributed by atoms with Crippen molar-refractivity contribution >= 4 is 10.9 Å². The third-order valence-corrected chi connectivity index (χ3v) is 2.45. The van der Waals surface area contributed by atoms with Crippen molar-refractivity contribution in [1.29, 1.82) is 0 Å². The van der Waals surface area contributed by atoms with Gasteiger partial charge in [0.25, 0.3) is 0 Å². The van der Waals surface area contributed by atoms with Crippen LogP contribution in [0.25, 0.3) is 10.9 Å². The molecule has 0 saturated heterocycles. The summed E-state index contributed by atoms with van der Waals surface area (Å²) in [6.07, 6.45) is 4.48. The lowest BCUT2D eigenvalue weighted by Gasteiger charge is -2.00. The summed E-state index contributed by atoms with van der Waals surface area (Å²) in [4.78, 5) is 15.4. The molecule has 0 aliphatic rings. The van der Waals surface area contributed by atoms with Gasteiger partial charge in [-0.25, -0.2) is 9.78 Å². The molecule has 78 valence electrons. The van der Waals surface area contributed by atoms with E-state index in [2.05, 4.69) is 11.9 Å². The molecule has 0 spiro atoms. The largest absolute Gasteiger partial charge is 0.411 e. The first-order chi connectivity index (χ1) is 7.31. The summed E-state index contributed by atoms with van der Waals surface area (Å²) in [6.45, 7) is 2.15. The summed E-state index contributed by atoms with van der Waals surface area (Å²) in [7, 11) is 0. The van der Waals surface area contributed by atoms with E-state index in [1.54, 1.807) is 0 Å². The summed E-state index contributed by atoms with van der Waals surface area (Å²) in [5.74, 6) is 0. The van der Waals surface area contributed by atoms with Crippen LogP contribution < -0.4 is 5.63 Å². The average molecular weight is 203 g/mol. The van der Waals surface area contributed by atoms with Crippen LogP contribution in [0.1, 0.15) is 25.3 Å². The zero-order valence-corrected chi connectivity index (χ0v) is 8.69. The number of nitrogens with zero attached hydrogens (tertiary/aromatic N) is 1. The number of fused-ring (bicyclic) bond motifs is 1. The maximum absolute atomic E-state index is 11.4. The lowest BCUT2D eigenvalue weighted by atomic mass is 10.1. The molecule has 0 N–H and O–H groups in total. The van der Waals surface area contributed by atoms with Crippen molar-refractivity contribution in [3.63, 3.8) is 0 Å². The van der Waals surface area contributed by atoms with Crippen LogP contribution in [-0.4, -0.2) is 4.98 Å². The van der Waals surface area contributed by atoms with Crippen LogP contribution >= 0.6 is 0 Å². The number of hydrogen-bond donors (Lipinski definition) is 0. The molecule has 0 atom stereocenters. The Morgan fingerprint density at radius 1 is 1.40 bits per heavy atom. The van der Waals surface area contributed by atoms with Gasteiger partial charge >= 0.3 is 5.63 Å². The van der Waals surface area contributed by atoms with Crippen LogP contribution in [-0.2, 0) is 6.42 Å². The fourth-order valence-electron chi connectivity index (χ4n) is 1.59. The minimum Gasteiger partial charge on any atom is -0.411 e. The zero-order chi connectivity index (χ0) is 10.7. The van der Waals surface area contributed by atoms with Gasteiger partial charge in [-0.3, -0.25) is 0 Å². The molecule has 2 rings (SSSR count). The number of benzene rings is 1. The Balaban J connectivity index is 2.45. The van der Waals surface area contributed by atoms with Crippen LogP contribution in [0.5, 0.6) is 0 Å². The third-order valence-electron chi connectivity index (χ3n) is 2.45. The minimum atomic E-state index is -0.307. The Hall–Kier alpha value is -1.64. The fourth-order valence-corrected chi connectivity index (χ4v) is 1.59. The van der Waals surface area contributed by atoms with Gasteiger partial charge in [-0.2, -0.15) is 0 Å². The quantitative estimate of drug-likeness (QED) is 0.769. The number of unbranched alkanes of at least 4 members (excludes halogenated alkanes) is 1. The molecule has 0 aliphatic heterocycles. The van der Waals surface area contributed by atoms with E-state index in [9.17, 15) is 4.79 Å². The monoisotopic (exact) mass is 203 g/mol. The van der Waals surface area contributed by atoms with Gasteiger partial charge in [0.2, 0.25) is 0 Å². The molecular formula is C12H13NO2. The highest BCUT2D eigenvalue weighted by Gasteiger charge is 2.01. The van der Waals surface area contributed by atoms with E-state index in [1.807, 2.05) is 18.2 Å². The standard InChI is InChI=1S/C12H13NO2/c1-2-3-4-9-5-6-11-10(7-9)12(14)15-8-13-11/h5-8H,2-4H2,1H3. The number of aromatic nitrogens is 1. The van der Waals surface area contributed by atoms with Gasteiger partial charge in [0.05, 0.1) is 10.9 Å². The van der Waals surface area contributed by atoms with Crippen LogP contribution in [0.3, 0.4) is 0 Å². The van der Waals surface area contributed by atoms with Gasteiger partial charge in [-0.15, -0.1) is 0 Å². The average Bonchev–Trinajstić information content (AvgIpc) is 2.27. The first kappa shape index (κ1) is 9.90. The highest BCUT2D eigenvalue weighted by Crippen LogP contribution is 2.12. The summed E-state index contributed by atoms with van der Waals surface area (Å²) in [6, 6.07) is 5.77. The van der Waals surface area contributed by atoms with Crippen LogP contribution in [0.15, 0.2) is 33.8 Å². The molecule has 0 saturated carbocycles. The molecule has 0 aliphatic carbocycles. The van der Waals surface area contributed by atoms with Crippen molar-refractivity contribution in [2.24, 2.45) is 0 Å². The Labute approximate surface area is 87.8 Å². The molecule has 3 nitrogen and oxygen atoms in total. The predicted octanol–water partition coefficient (Wildman–Crippen LogP) is 2.53. The minimum absolute atomic E-state index is 0.307. The van der Waals surface area contributed by atoms with Crippen molar-refractivity contribution in [2.75, 3.05) is 0 Å².